The molecular weight excluding hydrogens is 252 g/mol. The average Bonchev–Trinajstić information content (AvgIpc) is 3.04. The number of phenols is 1. The van der Waals surface area contributed by atoms with E-state index in [4.69, 9.17) is 4.74 Å². The second kappa shape index (κ2) is 5.62. The molecule has 2 N–H and O–H groups in total. The van der Waals surface area contributed by atoms with Crippen LogP contribution in [-0.2, 0) is 0 Å². The van der Waals surface area contributed by atoms with E-state index in [1.54, 1.807) is 12.1 Å². The van der Waals surface area contributed by atoms with Gasteiger partial charge in [-0.05, 0) is 45.4 Å². The molecule has 1 aromatic carbocycles. The highest BCUT2D eigenvalue weighted by molar-refractivity contribution is 5.44. The quantitative estimate of drug-likeness (QED) is 0.885. The van der Waals surface area contributed by atoms with E-state index in [1.807, 2.05) is 6.07 Å². The first kappa shape index (κ1) is 13.7. The molecule has 2 atom stereocenters. The third-order valence-electron chi connectivity index (χ3n) is 4.41. The molecule has 0 spiro atoms. The molecule has 0 amide bonds. The number of ether oxygens (including phenoxy) is 1. The van der Waals surface area contributed by atoms with Gasteiger partial charge in [-0.25, -0.2) is 0 Å². The van der Waals surface area contributed by atoms with Crippen molar-refractivity contribution < 1.29 is 9.84 Å². The Morgan fingerprint density at radius 3 is 3.00 bits per heavy atom. The van der Waals surface area contributed by atoms with E-state index in [-0.39, 0.29) is 5.75 Å². The van der Waals surface area contributed by atoms with E-state index in [0.717, 1.165) is 18.8 Å². The van der Waals surface area contributed by atoms with Crippen molar-refractivity contribution in [3.05, 3.63) is 23.8 Å². The number of hydrogen-bond donors (Lipinski definition) is 2. The lowest BCUT2D eigenvalue weighted by Gasteiger charge is -2.34. The molecule has 0 saturated carbocycles. The lowest BCUT2D eigenvalue weighted by atomic mass is 10.0. The zero-order valence-electron chi connectivity index (χ0n) is 12.3. The molecule has 2 unspecified atom stereocenters. The molecular formula is C16H24N2O2. The van der Waals surface area contributed by atoms with Crippen molar-refractivity contribution in [3.63, 3.8) is 0 Å². The standard InChI is InChI=1S/C16H24N2O2/c1-11(2)18(9-12-4-3-7-17-12)15-10-20-16-8-13(19)5-6-14(15)16/h5-6,8,11-12,15,17,19H,3-4,7,9-10H2,1-2H3. The molecule has 20 heavy (non-hydrogen) atoms. The average molecular weight is 276 g/mol. The third kappa shape index (κ3) is 2.63. The van der Waals surface area contributed by atoms with E-state index in [2.05, 4.69) is 24.1 Å². The molecule has 1 fully saturated rings. The second-order valence-corrected chi connectivity index (χ2v) is 6.13. The smallest absolute Gasteiger partial charge is 0.127 e. The van der Waals surface area contributed by atoms with Crippen molar-refractivity contribution in [2.75, 3.05) is 19.7 Å². The Bertz CT molecular complexity index is 470. The summed E-state index contributed by atoms with van der Waals surface area (Å²) >= 11 is 0. The van der Waals surface area contributed by atoms with Crippen LogP contribution in [0, 0.1) is 0 Å². The SMILES string of the molecule is CC(C)N(CC1CCCN1)C1COc2cc(O)ccc21. The van der Waals surface area contributed by atoms with Gasteiger partial charge in [0.05, 0.1) is 6.04 Å². The molecule has 2 aliphatic rings. The summed E-state index contributed by atoms with van der Waals surface area (Å²) in [5.41, 5.74) is 1.20. The summed E-state index contributed by atoms with van der Waals surface area (Å²) in [5, 5.41) is 13.1. The van der Waals surface area contributed by atoms with Crippen LogP contribution in [0.15, 0.2) is 18.2 Å². The van der Waals surface area contributed by atoms with Crippen LogP contribution in [0.1, 0.15) is 38.3 Å². The Morgan fingerprint density at radius 1 is 1.45 bits per heavy atom. The number of hydrogen-bond acceptors (Lipinski definition) is 4. The molecule has 1 saturated heterocycles. The third-order valence-corrected chi connectivity index (χ3v) is 4.41. The Balaban J connectivity index is 1.79. The zero-order valence-corrected chi connectivity index (χ0v) is 12.3. The molecule has 0 aliphatic carbocycles. The second-order valence-electron chi connectivity index (χ2n) is 6.13. The van der Waals surface area contributed by atoms with E-state index in [1.165, 1.54) is 18.4 Å². The fourth-order valence-corrected chi connectivity index (χ4v) is 3.32. The van der Waals surface area contributed by atoms with Gasteiger partial charge >= 0.3 is 0 Å². The Hall–Kier alpha value is -1.26. The van der Waals surface area contributed by atoms with Crippen molar-refractivity contribution in [1.29, 1.82) is 0 Å². The lowest BCUT2D eigenvalue weighted by Crippen LogP contribution is -2.43. The maximum absolute atomic E-state index is 9.56. The maximum Gasteiger partial charge on any atom is 0.127 e. The van der Waals surface area contributed by atoms with Gasteiger partial charge in [0.2, 0.25) is 0 Å². The minimum Gasteiger partial charge on any atom is -0.508 e. The maximum atomic E-state index is 9.56. The van der Waals surface area contributed by atoms with E-state index in [9.17, 15) is 5.11 Å². The highest BCUT2D eigenvalue weighted by Crippen LogP contribution is 2.39. The fourth-order valence-electron chi connectivity index (χ4n) is 3.32. The largest absolute Gasteiger partial charge is 0.508 e. The summed E-state index contributed by atoms with van der Waals surface area (Å²) < 4.78 is 5.77. The molecule has 4 nitrogen and oxygen atoms in total. The monoisotopic (exact) mass is 276 g/mol. The molecule has 110 valence electrons. The zero-order chi connectivity index (χ0) is 14.1. The number of phenolic OH excluding ortho intramolecular Hbond substituents is 1. The lowest BCUT2D eigenvalue weighted by molar-refractivity contribution is 0.117. The normalized spacial score (nSPS) is 25.2. The van der Waals surface area contributed by atoms with Gasteiger partial charge in [-0.2, -0.15) is 0 Å². The highest BCUT2D eigenvalue weighted by atomic mass is 16.5. The number of fused-ring (bicyclic) bond motifs is 1. The summed E-state index contributed by atoms with van der Waals surface area (Å²) in [5.74, 6) is 1.11. The summed E-state index contributed by atoms with van der Waals surface area (Å²) in [6.45, 7) is 7.37. The summed E-state index contributed by atoms with van der Waals surface area (Å²) in [6, 6.07) is 6.85. The van der Waals surface area contributed by atoms with Crippen LogP contribution in [0.2, 0.25) is 0 Å². The molecule has 0 aromatic heterocycles. The molecule has 4 heteroatoms. The van der Waals surface area contributed by atoms with Crippen LogP contribution >= 0.6 is 0 Å². The first-order chi connectivity index (χ1) is 9.65. The van der Waals surface area contributed by atoms with Crippen LogP contribution in [0.3, 0.4) is 0 Å². The molecule has 2 aliphatic heterocycles. The van der Waals surface area contributed by atoms with Gasteiger partial charge in [0, 0.05) is 30.3 Å². The summed E-state index contributed by atoms with van der Waals surface area (Å²) in [7, 11) is 0. The van der Waals surface area contributed by atoms with Crippen LogP contribution in [0.25, 0.3) is 0 Å². The van der Waals surface area contributed by atoms with Gasteiger partial charge in [0.25, 0.3) is 0 Å². The van der Waals surface area contributed by atoms with Gasteiger partial charge < -0.3 is 15.2 Å². The van der Waals surface area contributed by atoms with E-state index >= 15 is 0 Å². The van der Waals surface area contributed by atoms with Crippen molar-refractivity contribution in [2.24, 2.45) is 0 Å². The van der Waals surface area contributed by atoms with Gasteiger partial charge in [-0.15, -0.1) is 0 Å². The van der Waals surface area contributed by atoms with Crippen LogP contribution in [-0.4, -0.2) is 41.8 Å². The summed E-state index contributed by atoms with van der Waals surface area (Å²) in [4.78, 5) is 2.52. The predicted octanol–water partition coefficient (Wildman–Crippen LogP) is 2.29. The predicted molar refractivity (Wildman–Crippen MR) is 79.2 cm³/mol. The molecule has 0 bridgehead atoms. The number of nitrogens with one attached hydrogen (secondary N) is 1. The first-order valence-electron chi connectivity index (χ1n) is 7.60. The number of benzene rings is 1. The minimum absolute atomic E-state index is 0.276. The van der Waals surface area contributed by atoms with Crippen LogP contribution in [0.4, 0.5) is 0 Å². The molecule has 3 rings (SSSR count). The van der Waals surface area contributed by atoms with Crippen LogP contribution < -0.4 is 10.1 Å². The van der Waals surface area contributed by atoms with Gasteiger partial charge in [-0.1, -0.05) is 0 Å². The topological polar surface area (TPSA) is 44.7 Å². The van der Waals surface area contributed by atoms with E-state index < -0.39 is 0 Å². The number of nitrogens with zero attached hydrogens (tertiary/aromatic N) is 1. The highest BCUT2D eigenvalue weighted by Gasteiger charge is 2.33. The van der Waals surface area contributed by atoms with Gasteiger partial charge in [0.15, 0.2) is 0 Å². The molecule has 0 radical (unpaired) electrons. The Labute approximate surface area is 120 Å². The van der Waals surface area contributed by atoms with Crippen molar-refractivity contribution in [3.8, 4) is 11.5 Å². The van der Waals surface area contributed by atoms with Gasteiger partial charge in [0.1, 0.15) is 18.1 Å². The van der Waals surface area contributed by atoms with Crippen molar-refractivity contribution in [2.45, 2.75) is 44.8 Å². The van der Waals surface area contributed by atoms with Crippen molar-refractivity contribution >= 4 is 0 Å². The minimum atomic E-state index is 0.276. The Kier molecular flexibility index (Phi) is 3.85. The fraction of sp³-hybridized carbons (Fsp3) is 0.625. The van der Waals surface area contributed by atoms with E-state index in [0.29, 0.717) is 24.7 Å². The first-order valence-corrected chi connectivity index (χ1v) is 7.60. The van der Waals surface area contributed by atoms with Gasteiger partial charge in [-0.3, -0.25) is 4.90 Å². The van der Waals surface area contributed by atoms with Crippen molar-refractivity contribution in [1.82, 2.24) is 10.2 Å². The van der Waals surface area contributed by atoms with Crippen LogP contribution in [0.5, 0.6) is 11.5 Å². The number of aromatic hydroxyl groups is 1. The molecule has 2 heterocycles. The molecule has 1 aromatic rings. The summed E-state index contributed by atoms with van der Waals surface area (Å²) in [6.07, 6.45) is 2.54. The number of rotatable bonds is 4. The Morgan fingerprint density at radius 2 is 2.30 bits per heavy atom.